The van der Waals surface area contributed by atoms with E-state index in [0.29, 0.717) is 17.9 Å². The number of methoxy groups -OCH3 is 2. The monoisotopic (exact) mass is 326 g/mol. The van der Waals surface area contributed by atoms with Gasteiger partial charge in [-0.25, -0.2) is 4.98 Å². The van der Waals surface area contributed by atoms with Crippen LogP contribution in [0.1, 0.15) is 30.7 Å². The Morgan fingerprint density at radius 2 is 1.92 bits per heavy atom. The summed E-state index contributed by atoms with van der Waals surface area (Å²) in [6, 6.07) is 9.66. The molecule has 0 spiro atoms. The second kappa shape index (κ2) is 6.53. The number of hydrogen-bond acceptors (Lipinski definition) is 4. The van der Waals surface area contributed by atoms with Crippen LogP contribution in [0.4, 0.5) is 0 Å². The molecule has 5 nitrogen and oxygen atoms in total. The SMILES string of the molecule is CCC(O)c1c(-c2ccc(OC)c(OC)c2)nc2c(C)cccn12. The largest absolute Gasteiger partial charge is 0.493 e. The van der Waals surface area contributed by atoms with Gasteiger partial charge in [0.1, 0.15) is 5.65 Å². The summed E-state index contributed by atoms with van der Waals surface area (Å²) in [5.41, 5.74) is 4.36. The average molecular weight is 326 g/mol. The van der Waals surface area contributed by atoms with Crippen LogP contribution in [0.25, 0.3) is 16.9 Å². The Morgan fingerprint density at radius 3 is 2.58 bits per heavy atom. The van der Waals surface area contributed by atoms with Gasteiger partial charge in [-0.15, -0.1) is 0 Å². The lowest BCUT2D eigenvalue weighted by Gasteiger charge is -2.12. The van der Waals surface area contributed by atoms with E-state index in [2.05, 4.69) is 0 Å². The fourth-order valence-electron chi connectivity index (χ4n) is 2.93. The fraction of sp³-hybridized carbons (Fsp3) is 0.316. The minimum atomic E-state index is -0.593. The van der Waals surface area contributed by atoms with Crippen LogP contribution in [0.2, 0.25) is 0 Å². The van der Waals surface area contributed by atoms with Crippen molar-refractivity contribution >= 4 is 5.65 Å². The van der Waals surface area contributed by atoms with Gasteiger partial charge in [0.15, 0.2) is 11.5 Å². The Labute approximate surface area is 141 Å². The van der Waals surface area contributed by atoms with E-state index in [-0.39, 0.29) is 0 Å². The van der Waals surface area contributed by atoms with Crippen LogP contribution in [0.5, 0.6) is 11.5 Å². The summed E-state index contributed by atoms with van der Waals surface area (Å²) in [5.74, 6) is 1.31. The summed E-state index contributed by atoms with van der Waals surface area (Å²) >= 11 is 0. The smallest absolute Gasteiger partial charge is 0.161 e. The standard InChI is InChI=1S/C19H22N2O3/c1-5-14(22)18-17(20-19-12(2)7-6-10-21(18)19)13-8-9-15(23-3)16(11-13)24-4/h6-11,14,22H,5H2,1-4H3. The lowest BCUT2D eigenvalue weighted by molar-refractivity contribution is 0.168. The van der Waals surface area contributed by atoms with E-state index in [4.69, 9.17) is 14.5 Å². The predicted octanol–water partition coefficient (Wildman–Crippen LogP) is 3.77. The number of ether oxygens (including phenoxy) is 2. The Kier molecular flexibility index (Phi) is 4.44. The molecule has 0 aliphatic rings. The normalized spacial score (nSPS) is 12.4. The molecule has 0 aliphatic carbocycles. The van der Waals surface area contributed by atoms with Gasteiger partial charge in [0.2, 0.25) is 0 Å². The molecule has 1 atom stereocenters. The molecule has 5 heteroatoms. The van der Waals surface area contributed by atoms with Crippen molar-refractivity contribution in [2.45, 2.75) is 26.4 Å². The van der Waals surface area contributed by atoms with Crippen LogP contribution in [-0.2, 0) is 0 Å². The molecule has 0 aliphatic heterocycles. The molecular formula is C19H22N2O3. The van der Waals surface area contributed by atoms with Crippen LogP contribution in [0.15, 0.2) is 36.5 Å². The predicted molar refractivity (Wildman–Crippen MR) is 93.7 cm³/mol. The van der Waals surface area contributed by atoms with Crippen LogP contribution in [0.3, 0.4) is 0 Å². The van der Waals surface area contributed by atoms with E-state index >= 15 is 0 Å². The molecule has 0 saturated carbocycles. The highest BCUT2D eigenvalue weighted by atomic mass is 16.5. The van der Waals surface area contributed by atoms with Gasteiger partial charge >= 0.3 is 0 Å². The highest BCUT2D eigenvalue weighted by molar-refractivity contribution is 5.71. The van der Waals surface area contributed by atoms with Crippen molar-refractivity contribution in [1.82, 2.24) is 9.38 Å². The first kappa shape index (κ1) is 16.3. The summed E-state index contributed by atoms with van der Waals surface area (Å²) in [6.07, 6.45) is 1.96. The van der Waals surface area contributed by atoms with E-state index < -0.39 is 6.10 Å². The molecule has 1 N–H and O–H groups in total. The maximum Gasteiger partial charge on any atom is 0.161 e. The summed E-state index contributed by atoms with van der Waals surface area (Å²) < 4.78 is 12.7. The topological polar surface area (TPSA) is 56.0 Å². The molecule has 2 heterocycles. The van der Waals surface area contributed by atoms with Crippen LogP contribution < -0.4 is 9.47 Å². The first-order chi connectivity index (χ1) is 11.6. The summed E-state index contributed by atoms with van der Waals surface area (Å²) in [7, 11) is 3.22. The zero-order valence-electron chi connectivity index (χ0n) is 14.4. The molecule has 0 radical (unpaired) electrons. The van der Waals surface area contributed by atoms with Gasteiger partial charge < -0.3 is 19.0 Å². The number of hydrogen-bond donors (Lipinski definition) is 1. The molecule has 126 valence electrons. The van der Waals surface area contributed by atoms with E-state index in [9.17, 15) is 5.11 Å². The highest BCUT2D eigenvalue weighted by Gasteiger charge is 2.21. The third-order valence-corrected chi connectivity index (χ3v) is 4.24. The zero-order valence-corrected chi connectivity index (χ0v) is 14.4. The molecule has 0 saturated heterocycles. The lowest BCUT2D eigenvalue weighted by atomic mass is 10.1. The summed E-state index contributed by atoms with van der Waals surface area (Å²) in [5, 5.41) is 10.6. The van der Waals surface area contributed by atoms with Crippen molar-refractivity contribution in [2.75, 3.05) is 14.2 Å². The van der Waals surface area contributed by atoms with Crippen molar-refractivity contribution in [2.24, 2.45) is 0 Å². The van der Waals surface area contributed by atoms with E-state index in [1.807, 2.05) is 54.8 Å². The van der Waals surface area contributed by atoms with Gasteiger partial charge in [0.05, 0.1) is 31.7 Å². The summed E-state index contributed by atoms with van der Waals surface area (Å²) in [6.45, 7) is 3.97. The van der Waals surface area contributed by atoms with Gasteiger partial charge in [0, 0.05) is 11.8 Å². The maximum atomic E-state index is 10.6. The molecule has 1 unspecified atom stereocenters. The minimum Gasteiger partial charge on any atom is -0.493 e. The van der Waals surface area contributed by atoms with E-state index in [1.54, 1.807) is 14.2 Å². The molecule has 3 rings (SSSR count). The summed E-state index contributed by atoms with van der Waals surface area (Å²) in [4.78, 5) is 4.79. The van der Waals surface area contributed by atoms with Crippen LogP contribution >= 0.6 is 0 Å². The quantitative estimate of drug-likeness (QED) is 0.775. The maximum absolute atomic E-state index is 10.6. The minimum absolute atomic E-state index is 0.593. The molecule has 0 bridgehead atoms. The van der Waals surface area contributed by atoms with E-state index in [1.165, 1.54) is 0 Å². The first-order valence-corrected chi connectivity index (χ1v) is 7.98. The van der Waals surface area contributed by atoms with Crippen molar-refractivity contribution in [3.8, 4) is 22.8 Å². The second-order valence-electron chi connectivity index (χ2n) is 5.72. The van der Waals surface area contributed by atoms with Crippen LogP contribution in [-0.4, -0.2) is 28.7 Å². The number of aryl methyl sites for hydroxylation is 1. The molecule has 3 aromatic rings. The third-order valence-electron chi connectivity index (χ3n) is 4.24. The molecule has 0 fully saturated rings. The van der Waals surface area contributed by atoms with Gasteiger partial charge in [-0.05, 0) is 43.2 Å². The van der Waals surface area contributed by atoms with Crippen molar-refractivity contribution in [3.05, 3.63) is 47.8 Å². The number of aliphatic hydroxyl groups excluding tert-OH is 1. The third kappa shape index (κ3) is 2.61. The van der Waals surface area contributed by atoms with Crippen molar-refractivity contribution < 1.29 is 14.6 Å². The molecular weight excluding hydrogens is 304 g/mol. The second-order valence-corrected chi connectivity index (χ2v) is 5.72. The Morgan fingerprint density at radius 1 is 1.17 bits per heavy atom. The van der Waals surface area contributed by atoms with Crippen molar-refractivity contribution in [3.63, 3.8) is 0 Å². The van der Waals surface area contributed by atoms with Gasteiger partial charge in [-0.3, -0.25) is 0 Å². The fourth-order valence-corrected chi connectivity index (χ4v) is 2.93. The number of aromatic nitrogens is 2. The lowest BCUT2D eigenvalue weighted by Crippen LogP contribution is -2.02. The number of pyridine rings is 1. The van der Waals surface area contributed by atoms with Gasteiger partial charge in [-0.2, -0.15) is 0 Å². The number of rotatable bonds is 5. The van der Waals surface area contributed by atoms with Crippen LogP contribution in [0, 0.1) is 6.92 Å². The van der Waals surface area contributed by atoms with Gasteiger partial charge in [0.25, 0.3) is 0 Å². The Bertz CT molecular complexity index is 870. The number of benzene rings is 1. The molecule has 2 aromatic heterocycles. The number of nitrogens with zero attached hydrogens (tertiary/aromatic N) is 2. The Hall–Kier alpha value is -2.53. The van der Waals surface area contributed by atoms with Crippen molar-refractivity contribution in [1.29, 1.82) is 0 Å². The Balaban J connectivity index is 2.27. The number of aliphatic hydroxyl groups is 1. The molecule has 0 amide bonds. The van der Waals surface area contributed by atoms with E-state index in [0.717, 1.165) is 28.2 Å². The van der Waals surface area contributed by atoms with Gasteiger partial charge in [-0.1, -0.05) is 13.0 Å². The number of imidazole rings is 1. The molecule has 1 aromatic carbocycles. The average Bonchev–Trinajstić information content (AvgIpc) is 3.01. The zero-order chi connectivity index (χ0) is 17.3. The number of fused-ring (bicyclic) bond motifs is 1. The highest BCUT2D eigenvalue weighted by Crippen LogP contribution is 2.36. The molecule has 24 heavy (non-hydrogen) atoms. The first-order valence-electron chi connectivity index (χ1n) is 7.98.